The number of amides is 1. The molecule has 0 bridgehead atoms. The molecule has 1 rings (SSSR count). The van der Waals surface area contributed by atoms with E-state index >= 15 is 0 Å². The van der Waals surface area contributed by atoms with Crippen LogP contribution in [-0.2, 0) is 0 Å². The van der Waals surface area contributed by atoms with Crippen molar-refractivity contribution in [2.75, 3.05) is 11.9 Å². The Morgan fingerprint density at radius 2 is 2.40 bits per heavy atom. The van der Waals surface area contributed by atoms with Gasteiger partial charge in [-0.3, -0.25) is 4.79 Å². The van der Waals surface area contributed by atoms with E-state index in [1.54, 1.807) is 0 Å². The summed E-state index contributed by atoms with van der Waals surface area (Å²) in [6, 6.07) is 0.982. The van der Waals surface area contributed by atoms with Gasteiger partial charge in [0.05, 0.1) is 5.56 Å². The van der Waals surface area contributed by atoms with Gasteiger partial charge in [-0.2, -0.15) is 0 Å². The minimum Gasteiger partial charge on any atom is -0.368 e. The number of primary amides is 1. The van der Waals surface area contributed by atoms with Gasteiger partial charge in [0.15, 0.2) is 11.6 Å². The Morgan fingerprint density at radius 3 is 2.93 bits per heavy atom. The fourth-order valence-electron chi connectivity index (χ4n) is 1.01. The first kappa shape index (κ1) is 11.7. The van der Waals surface area contributed by atoms with Crippen LogP contribution < -0.4 is 11.1 Å². The SMILES string of the molecule is CCCNc1nc(Cl)c(C(N)=O)cc1F. The molecule has 0 spiro atoms. The molecule has 0 saturated heterocycles. The van der Waals surface area contributed by atoms with Crippen LogP contribution in [0.3, 0.4) is 0 Å². The van der Waals surface area contributed by atoms with E-state index in [4.69, 9.17) is 17.3 Å². The molecular formula is C9H11ClFN3O. The van der Waals surface area contributed by atoms with Gasteiger partial charge in [-0.1, -0.05) is 18.5 Å². The minimum atomic E-state index is -0.798. The van der Waals surface area contributed by atoms with E-state index in [0.29, 0.717) is 6.54 Å². The molecule has 0 aliphatic carbocycles. The Kier molecular flexibility index (Phi) is 3.85. The molecule has 0 radical (unpaired) electrons. The number of hydrogen-bond acceptors (Lipinski definition) is 3. The van der Waals surface area contributed by atoms with E-state index in [1.807, 2.05) is 6.92 Å². The van der Waals surface area contributed by atoms with Crippen molar-refractivity contribution in [2.24, 2.45) is 5.73 Å². The highest BCUT2D eigenvalue weighted by molar-refractivity contribution is 6.32. The van der Waals surface area contributed by atoms with Crippen molar-refractivity contribution >= 4 is 23.3 Å². The first-order chi connectivity index (χ1) is 7.06. The van der Waals surface area contributed by atoms with Crippen molar-refractivity contribution in [2.45, 2.75) is 13.3 Å². The summed E-state index contributed by atoms with van der Waals surface area (Å²) in [5, 5.41) is 2.65. The number of carbonyl (C=O) groups is 1. The second-order valence-corrected chi connectivity index (χ2v) is 3.31. The van der Waals surface area contributed by atoms with Crippen molar-refractivity contribution in [3.8, 4) is 0 Å². The van der Waals surface area contributed by atoms with Crippen molar-refractivity contribution < 1.29 is 9.18 Å². The molecule has 1 aromatic heterocycles. The third-order valence-corrected chi connectivity index (χ3v) is 2.03. The molecule has 1 amide bonds. The largest absolute Gasteiger partial charge is 0.368 e. The van der Waals surface area contributed by atoms with Crippen LogP contribution in [0.4, 0.5) is 10.2 Å². The van der Waals surface area contributed by atoms with Gasteiger partial charge in [0.1, 0.15) is 5.15 Å². The summed E-state index contributed by atoms with van der Waals surface area (Å²) in [7, 11) is 0. The second-order valence-electron chi connectivity index (χ2n) is 2.95. The maximum atomic E-state index is 13.3. The fraction of sp³-hybridized carbons (Fsp3) is 0.333. The van der Waals surface area contributed by atoms with Gasteiger partial charge in [0.25, 0.3) is 5.91 Å². The van der Waals surface area contributed by atoms with Crippen molar-refractivity contribution in [3.63, 3.8) is 0 Å². The lowest BCUT2D eigenvalue weighted by Crippen LogP contribution is -2.14. The van der Waals surface area contributed by atoms with Crippen molar-refractivity contribution in [3.05, 3.63) is 22.6 Å². The number of halogens is 2. The second kappa shape index (κ2) is 4.93. The van der Waals surface area contributed by atoms with Crippen LogP contribution in [0.1, 0.15) is 23.7 Å². The summed E-state index contributed by atoms with van der Waals surface area (Å²) >= 11 is 5.66. The predicted octanol–water partition coefficient (Wildman–Crippen LogP) is 1.79. The van der Waals surface area contributed by atoms with Crippen molar-refractivity contribution in [1.82, 2.24) is 4.98 Å². The summed E-state index contributed by atoms with van der Waals surface area (Å²) in [5.74, 6) is -1.40. The molecule has 82 valence electrons. The molecule has 1 aromatic rings. The van der Waals surface area contributed by atoms with E-state index in [2.05, 4.69) is 10.3 Å². The van der Waals surface area contributed by atoms with E-state index in [9.17, 15) is 9.18 Å². The normalized spacial score (nSPS) is 10.1. The molecule has 4 nitrogen and oxygen atoms in total. The van der Waals surface area contributed by atoms with Crippen LogP contribution in [0.15, 0.2) is 6.07 Å². The van der Waals surface area contributed by atoms with Gasteiger partial charge < -0.3 is 11.1 Å². The molecule has 0 unspecified atom stereocenters. The highest BCUT2D eigenvalue weighted by Crippen LogP contribution is 2.19. The van der Waals surface area contributed by atoms with Crippen LogP contribution in [0.2, 0.25) is 5.15 Å². The van der Waals surface area contributed by atoms with Crippen molar-refractivity contribution in [1.29, 1.82) is 0 Å². The number of rotatable bonds is 4. The number of hydrogen-bond donors (Lipinski definition) is 2. The van der Waals surface area contributed by atoms with E-state index in [-0.39, 0.29) is 16.5 Å². The molecule has 0 aliphatic heterocycles. The topological polar surface area (TPSA) is 68.0 Å². The Hall–Kier alpha value is -1.36. The highest BCUT2D eigenvalue weighted by atomic mass is 35.5. The Balaban J connectivity index is 3.02. The number of pyridine rings is 1. The van der Waals surface area contributed by atoms with E-state index in [0.717, 1.165) is 12.5 Å². The molecule has 0 fully saturated rings. The number of carbonyl (C=O) groups excluding carboxylic acids is 1. The monoisotopic (exact) mass is 231 g/mol. The summed E-state index contributed by atoms with van der Waals surface area (Å²) < 4.78 is 13.3. The maximum absolute atomic E-state index is 13.3. The Labute approximate surface area is 91.6 Å². The first-order valence-corrected chi connectivity index (χ1v) is 4.83. The predicted molar refractivity (Wildman–Crippen MR) is 56.5 cm³/mol. The third-order valence-electron chi connectivity index (χ3n) is 1.74. The zero-order chi connectivity index (χ0) is 11.4. The molecule has 0 aromatic carbocycles. The number of anilines is 1. The Bertz CT molecular complexity index is 384. The number of nitrogens with zero attached hydrogens (tertiary/aromatic N) is 1. The molecule has 6 heteroatoms. The third kappa shape index (κ3) is 2.79. The average Bonchev–Trinajstić information content (AvgIpc) is 2.18. The van der Waals surface area contributed by atoms with Gasteiger partial charge >= 0.3 is 0 Å². The van der Waals surface area contributed by atoms with Gasteiger partial charge in [0.2, 0.25) is 0 Å². The molecule has 0 atom stereocenters. The first-order valence-electron chi connectivity index (χ1n) is 4.46. The quantitative estimate of drug-likeness (QED) is 0.777. The van der Waals surface area contributed by atoms with Crippen LogP contribution in [-0.4, -0.2) is 17.4 Å². The summed E-state index contributed by atoms with van der Waals surface area (Å²) in [4.78, 5) is 14.5. The smallest absolute Gasteiger partial charge is 0.251 e. The standard InChI is InChI=1S/C9H11ClFN3O/c1-2-3-13-9-6(11)4-5(8(12)15)7(10)14-9/h4H,2-3H2,1H3,(H2,12,15)(H,13,14). The molecule has 1 heterocycles. The lowest BCUT2D eigenvalue weighted by molar-refractivity contribution is 0.0999. The fourth-order valence-corrected chi connectivity index (χ4v) is 1.24. The summed E-state index contributed by atoms with van der Waals surface area (Å²) in [5.41, 5.74) is 4.87. The van der Waals surface area contributed by atoms with Crippen LogP contribution >= 0.6 is 11.6 Å². The van der Waals surface area contributed by atoms with E-state index in [1.165, 1.54) is 0 Å². The summed E-state index contributed by atoms with van der Waals surface area (Å²) in [6.45, 7) is 2.51. The van der Waals surface area contributed by atoms with Gasteiger partial charge in [-0.05, 0) is 12.5 Å². The number of nitrogens with one attached hydrogen (secondary N) is 1. The van der Waals surface area contributed by atoms with Gasteiger partial charge in [-0.25, -0.2) is 9.37 Å². The molecular weight excluding hydrogens is 221 g/mol. The van der Waals surface area contributed by atoms with Gasteiger partial charge in [-0.15, -0.1) is 0 Å². The number of aromatic nitrogens is 1. The lowest BCUT2D eigenvalue weighted by atomic mass is 10.2. The number of nitrogens with two attached hydrogens (primary N) is 1. The lowest BCUT2D eigenvalue weighted by Gasteiger charge is -2.07. The van der Waals surface area contributed by atoms with Crippen LogP contribution in [0.5, 0.6) is 0 Å². The molecule has 3 N–H and O–H groups in total. The highest BCUT2D eigenvalue weighted by Gasteiger charge is 2.13. The maximum Gasteiger partial charge on any atom is 0.251 e. The average molecular weight is 232 g/mol. The zero-order valence-corrected chi connectivity index (χ0v) is 8.94. The Morgan fingerprint density at radius 1 is 1.73 bits per heavy atom. The van der Waals surface area contributed by atoms with Crippen LogP contribution in [0.25, 0.3) is 0 Å². The molecule has 0 saturated carbocycles. The van der Waals surface area contributed by atoms with Crippen LogP contribution in [0, 0.1) is 5.82 Å². The zero-order valence-electron chi connectivity index (χ0n) is 8.18. The molecule has 15 heavy (non-hydrogen) atoms. The molecule has 0 aliphatic rings. The van der Waals surface area contributed by atoms with Gasteiger partial charge in [0, 0.05) is 6.54 Å². The summed E-state index contributed by atoms with van der Waals surface area (Å²) in [6.07, 6.45) is 0.830. The minimum absolute atomic E-state index is 0.0341. The van der Waals surface area contributed by atoms with E-state index < -0.39 is 11.7 Å².